The lowest BCUT2D eigenvalue weighted by atomic mass is 9.82. The van der Waals surface area contributed by atoms with E-state index in [0.717, 1.165) is 37.9 Å². The first-order chi connectivity index (χ1) is 9.63. The summed E-state index contributed by atoms with van der Waals surface area (Å²) in [7, 11) is 2.17. The zero-order chi connectivity index (χ0) is 14.2. The average molecular weight is 273 g/mol. The van der Waals surface area contributed by atoms with Gasteiger partial charge in [0, 0.05) is 0 Å². The number of aliphatic carboxylic acids is 1. The number of carboxylic acids is 1. The van der Waals surface area contributed by atoms with E-state index < -0.39 is 11.4 Å². The van der Waals surface area contributed by atoms with Gasteiger partial charge in [0.25, 0.3) is 0 Å². The Morgan fingerprint density at radius 3 is 2.70 bits per heavy atom. The Morgan fingerprint density at radius 1 is 1.25 bits per heavy atom. The Bertz CT molecular complexity index is 507. The molecule has 20 heavy (non-hydrogen) atoms. The number of rotatable bonds is 3. The van der Waals surface area contributed by atoms with Gasteiger partial charge >= 0.3 is 5.97 Å². The van der Waals surface area contributed by atoms with Crippen molar-refractivity contribution in [2.75, 3.05) is 20.1 Å². The Balaban J connectivity index is 1.92. The molecule has 0 spiro atoms. The number of likely N-dealkylation sites (tertiary alicyclic amines) is 1. The average Bonchev–Trinajstić information content (AvgIpc) is 3.24. The standard InChI is InChI=1S/C17H23NO2/c1-18-11-4-5-13(8-12-18)14-6-2-3-7-15(14)17(9-10-17)16(19)20/h2-3,6-7,13H,4-5,8-12H2,1H3,(H,19,20). The SMILES string of the molecule is CN1CCCC(c2ccccc2C2(C(=O)O)CC2)CC1. The quantitative estimate of drug-likeness (QED) is 0.920. The maximum atomic E-state index is 11.6. The second-order valence-corrected chi connectivity index (χ2v) is 6.41. The van der Waals surface area contributed by atoms with Gasteiger partial charge in [-0.05, 0) is 69.3 Å². The van der Waals surface area contributed by atoms with E-state index in [1.807, 2.05) is 12.1 Å². The molecule has 1 atom stereocenters. The monoisotopic (exact) mass is 273 g/mol. The maximum Gasteiger partial charge on any atom is 0.314 e. The van der Waals surface area contributed by atoms with Gasteiger partial charge in [-0.25, -0.2) is 0 Å². The third kappa shape index (κ3) is 2.35. The molecule has 3 heteroatoms. The summed E-state index contributed by atoms with van der Waals surface area (Å²) < 4.78 is 0. The highest BCUT2D eigenvalue weighted by Crippen LogP contribution is 2.51. The Hall–Kier alpha value is -1.35. The Morgan fingerprint density at radius 2 is 2.00 bits per heavy atom. The minimum absolute atomic E-state index is 0.521. The third-order valence-corrected chi connectivity index (χ3v) is 5.03. The molecule has 1 aliphatic heterocycles. The fourth-order valence-corrected chi connectivity index (χ4v) is 3.56. The highest BCUT2D eigenvalue weighted by Gasteiger charge is 2.53. The lowest BCUT2D eigenvalue weighted by molar-refractivity contribution is -0.140. The minimum Gasteiger partial charge on any atom is -0.481 e. The fourth-order valence-electron chi connectivity index (χ4n) is 3.56. The van der Waals surface area contributed by atoms with Gasteiger partial charge in [-0.2, -0.15) is 0 Å². The van der Waals surface area contributed by atoms with Gasteiger partial charge < -0.3 is 10.0 Å². The summed E-state index contributed by atoms with van der Waals surface area (Å²) in [6.07, 6.45) is 5.12. The van der Waals surface area contributed by atoms with Gasteiger partial charge in [0.15, 0.2) is 0 Å². The molecule has 1 aromatic carbocycles. The molecule has 0 bridgehead atoms. The molecular formula is C17H23NO2. The molecule has 1 aliphatic carbocycles. The van der Waals surface area contributed by atoms with Gasteiger partial charge in [0.05, 0.1) is 5.41 Å². The predicted octanol–water partition coefficient (Wildman–Crippen LogP) is 3.00. The second kappa shape index (κ2) is 5.21. The van der Waals surface area contributed by atoms with Gasteiger partial charge in [0.2, 0.25) is 0 Å². The molecule has 0 aromatic heterocycles. The number of carboxylic acid groups (broad SMARTS) is 1. The topological polar surface area (TPSA) is 40.5 Å². The van der Waals surface area contributed by atoms with E-state index in [1.54, 1.807) is 0 Å². The normalized spacial score (nSPS) is 25.9. The number of benzene rings is 1. The highest BCUT2D eigenvalue weighted by atomic mass is 16.4. The minimum atomic E-state index is -0.643. The molecule has 1 saturated heterocycles. The van der Waals surface area contributed by atoms with Crippen LogP contribution >= 0.6 is 0 Å². The smallest absolute Gasteiger partial charge is 0.314 e. The highest BCUT2D eigenvalue weighted by molar-refractivity contribution is 5.85. The molecule has 1 aromatic rings. The van der Waals surface area contributed by atoms with Crippen LogP contribution in [0, 0.1) is 0 Å². The summed E-state index contributed by atoms with van der Waals surface area (Å²) in [6, 6.07) is 8.26. The first-order valence-electron chi connectivity index (χ1n) is 7.65. The summed E-state index contributed by atoms with van der Waals surface area (Å²) in [6.45, 7) is 2.27. The molecule has 1 unspecified atom stereocenters. The van der Waals surface area contributed by atoms with Crippen LogP contribution in [0.4, 0.5) is 0 Å². The second-order valence-electron chi connectivity index (χ2n) is 6.41. The molecule has 3 rings (SSSR count). The zero-order valence-electron chi connectivity index (χ0n) is 12.1. The fraction of sp³-hybridized carbons (Fsp3) is 0.588. The summed E-state index contributed by atoms with van der Waals surface area (Å²) in [5.41, 5.74) is 1.80. The largest absolute Gasteiger partial charge is 0.481 e. The van der Waals surface area contributed by atoms with Crippen molar-refractivity contribution in [1.29, 1.82) is 0 Å². The van der Waals surface area contributed by atoms with Crippen molar-refractivity contribution >= 4 is 5.97 Å². The van der Waals surface area contributed by atoms with Crippen LogP contribution in [0.3, 0.4) is 0 Å². The van der Waals surface area contributed by atoms with Crippen LogP contribution < -0.4 is 0 Å². The van der Waals surface area contributed by atoms with Crippen LogP contribution in [-0.4, -0.2) is 36.1 Å². The van der Waals surface area contributed by atoms with Crippen LogP contribution in [-0.2, 0) is 10.2 Å². The van der Waals surface area contributed by atoms with Gasteiger partial charge in [-0.1, -0.05) is 24.3 Å². The molecular weight excluding hydrogens is 250 g/mol. The van der Waals surface area contributed by atoms with Crippen LogP contribution in [0.25, 0.3) is 0 Å². The molecule has 3 nitrogen and oxygen atoms in total. The number of hydrogen-bond donors (Lipinski definition) is 1. The van der Waals surface area contributed by atoms with Crippen molar-refractivity contribution in [3.63, 3.8) is 0 Å². The van der Waals surface area contributed by atoms with Crippen molar-refractivity contribution < 1.29 is 9.90 Å². The lowest BCUT2D eigenvalue weighted by Gasteiger charge is -2.22. The van der Waals surface area contributed by atoms with Crippen LogP contribution in [0.15, 0.2) is 24.3 Å². The maximum absolute atomic E-state index is 11.6. The molecule has 2 fully saturated rings. The Labute approximate surface area is 120 Å². The number of nitrogens with zero attached hydrogens (tertiary/aromatic N) is 1. The summed E-state index contributed by atoms with van der Waals surface area (Å²) in [4.78, 5) is 14.0. The van der Waals surface area contributed by atoms with E-state index in [0.29, 0.717) is 5.92 Å². The summed E-state index contributed by atoms with van der Waals surface area (Å²) in [5.74, 6) is -0.122. The van der Waals surface area contributed by atoms with Crippen LogP contribution in [0.2, 0.25) is 0 Å². The molecule has 108 valence electrons. The molecule has 1 saturated carbocycles. The first kappa shape index (κ1) is 13.6. The van der Waals surface area contributed by atoms with E-state index in [4.69, 9.17) is 0 Å². The van der Waals surface area contributed by atoms with Gasteiger partial charge in [-0.15, -0.1) is 0 Å². The van der Waals surface area contributed by atoms with E-state index >= 15 is 0 Å². The molecule has 0 amide bonds. The van der Waals surface area contributed by atoms with Gasteiger partial charge in [-0.3, -0.25) is 4.79 Å². The van der Waals surface area contributed by atoms with E-state index in [9.17, 15) is 9.90 Å². The zero-order valence-corrected chi connectivity index (χ0v) is 12.1. The molecule has 2 aliphatic rings. The van der Waals surface area contributed by atoms with Crippen molar-refractivity contribution in [2.45, 2.75) is 43.4 Å². The molecule has 1 N–H and O–H groups in total. The first-order valence-corrected chi connectivity index (χ1v) is 7.65. The molecule has 1 heterocycles. The summed E-state index contributed by atoms with van der Waals surface area (Å²) in [5, 5.41) is 9.57. The molecule has 0 radical (unpaired) electrons. The van der Waals surface area contributed by atoms with E-state index in [-0.39, 0.29) is 0 Å². The van der Waals surface area contributed by atoms with E-state index in [2.05, 4.69) is 24.1 Å². The number of hydrogen-bond acceptors (Lipinski definition) is 2. The third-order valence-electron chi connectivity index (χ3n) is 5.03. The summed E-state index contributed by atoms with van der Waals surface area (Å²) >= 11 is 0. The van der Waals surface area contributed by atoms with Crippen molar-refractivity contribution in [1.82, 2.24) is 4.90 Å². The van der Waals surface area contributed by atoms with Crippen LogP contribution in [0.1, 0.15) is 49.1 Å². The van der Waals surface area contributed by atoms with E-state index in [1.165, 1.54) is 18.4 Å². The number of carbonyl (C=O) groups is 1. The van der Waals surface area contributed by atoms with Crippen LogP contribution in [0.5, 0.6) is 0 Å². The van der Waals surface area contributed by atoms with Crippen molar-refractivity contribution in [3.05, 3.63) is 35.4 Å². The van der Waals surface area contributed by atoms with Gasteiger partial charge in [0.1, 0.15) is 0 Å². The predicted molar refractivity (Wildman–Crippen MR) is 79.1 cm³/mol. The van der Waals surface area contributed by atoms with Crippen molar-refractivity contribution in [2.24, 2.45) is 0 Å². The lowest BCUT2D eigenvalue weighted by Crippen LogP contribution is -2.22. The Kier molecular flexibility index (Phi) is 3.55. The van der Waals surface area contributed by atoms with Crippen molar-refractivity contribution in [3.8, 4) is 0 Å².